The summed E-state index contributed by atoms with van der Waals surface area (Å²) >= 11 is 1.96. The molecule has 1 atom stereocenters. The Balaban J connectivity index is 1.92. The summed E-state index contributed by atoms with van der Waals surface area (Å²) < 4.78 is 0. The van der Waals surface area contributed by atoms with Crippen LogP contribution in [0.25, 0.3) is 0 Å². The lowest BCUT2D eigenvalue weighted by atomic mass is 9.76. The molecule has 1 aliphatic carbocycles. The molecule has 2 heterocycles. The third kappa shape index (κ3) is 2.69. The second-order valence-corrected chi connectivity index (χ2v) is 7.70. The lowest BCUT2D eigenvalue weighted by molar-refractivity contribution is 0.0909. The van der Waals surface area contributed by atoms with Crippen LogP contribution in [0.3, 0.4) is 0 Å². The number of Topliss-reactive ketones (excluding diaryl/α,β-unsaturated/α-hetero) is 1. The van der Waals surface area contributed by atoms with Crippen LogP contribution in [0.15, 0.2) is 6.20 Å². The van der Waals surface area contributed by atoms with E-state index in [1.165, 1.54) is 25.0 Å². The van der Waals surface area contributed by atoms with Crippen molar-refractivity contribution < 1.29 is 4.79 Å². The Morgan fingerprint density at radius 3 is 2.89 bits per heavy atom. The van der Waals surface area contributed by atoms with Crippen LogP contribution >= 0.6 is 11.8 Å². The number of carbonyl (C=O) groups excluding carboxylic acids is 1. The lowest BCUT2D eigenvalue weighted by Gasteiger charge is -2.30. The Morgan fingerprint density at radius 2 is 2.16 bits per heavy atom. The van der Waals surface area contributed by atoms with Gasteiger partial charge in [-0.3, -0.25) is 4.79 Å². The fourth-order valence-corrected chi connectivity index (χ4v) is 4.20. The topological polar surface area (TPSA) is 42.9 Å². The van der Waals surface area contributed by atoms with Crippen LogP contribution < -0.4 is 0 Å². The van der Waals surface area contributed by atoms with Gasteiger partial charge in [0.25, 0.3) is 0 Å². The molecule has 1 aromatic heterocycles. The van der Waals surface area contributed by atoms with Crippen molar-refractivity contribution in [3.05, 3.63) is 23.3 Å². The van der Waals surface area contributed by atoms with Crippen molar-refractivity contribution in [2.75, 3.05) is 5.75 Å². The summed E-state index contributed by atoms with van der Waals surface area (Å²) in [6.07, 6.45) is 7.01. The van der Waals surface area contributed by atoms with E-state index in [9.17, 15) is 4.79 Å². The first-order valence-electron chi connectivity index (χ1n) is 7.06. The average Bonchev–Trinajstić information content (AvgIpc) is 2.37. The Labute approximate surface area is 118 Å². The minimum Gasteiger partial charge on any atom is -0.294 e. The van der Waals surface area contributed by atoms with Crippen molar-refractivity contribution in [3.8, 4) is 0 Å². The van der Waals surface area contributed by atoms with Gasteiger partial charge in [-0.2, -0.15) is 11.8 Å². The molecular formula is C15H20N2OS. The van der Waals surface area contributed by atoms with E-state index < -0.39 is 0 Å². The lowest BCUT2D eigenvalue weighted by Crippen LogP contribution is -2.28. The molecule has 1 fully saturated rings. The normalized spacial score (nSPS) is 26.0. The van der Waals surface area contributed by atoms with Gasteiger partial charge in [-0.1, -0.05) is 20.3 Å². The zero-order valence-corrected chi connectivity index (χ0v) is 12.4. The van der Waals surface area contributed by atoms with Crippen molar-refractivity contribution in [3.63, 3.8) is 0 Å². The Bertz CT molecular complexity index is 507. The van der Waals surface area contributed by atoms with Crippen molar-refractivity contribution in [1.29, 1.82) is 0 Å². The second kappa shape index (κ2) is 4.89. The van der Waals surface area contributed by atoms with Crippen molar-refractivity contribution in [2.45, 2.75) is 51.2 Å². The van der Waals surface area contributed by atoms with Gasteiger partial charge in [0.05, 0.1) is 16.5 Å². The number of nitrogens with zero attached hydrogens (tertiary/aromatic N) is 2. The molecule has 0 bridgehead atoms. The van der Waals surface area contributed by atoms with Crippen LogP contribution in [-0.4, -0.2) is 21.5 Å². The van der Waals surface area contributed by atoms with E-state index in [1.807, 2.05) is 11.8 Å². The molecule has 1 aromatic rings. The van der Waals surface area contributed by atoms with Gasteiger partial charge in [-0.15, -0.1) is 0 Å². The van der Waals surface area contributed by atoms with Crippen LogP contribution in [0, 0.1) is 5.41 Å². The van der Waals surface area contributed by atoms with Gasteiger partial charge < -0.3 is 0 Å². The highest BCUT2D eigenvalue weighted by Gasteiger charge is 2.33. The summed E-state index contributed by atoms with van der Waals surface area (Å²) in [5.41, 5.74) is 1.76. The van der Waals surface area contributed by atoms with E-state index in [-0.39, 0.29) is 11.2 Å². The van der Waals surface area contributed by atoms with Gasteiger partial charge in [-0.25, -0.2) is 9.97 Å². The number of thioether (sulfide) groups is 1. The zero-order chi connectivity index (χ0) is 13.5. The monoisotopic (exact) mass is 276 g/mol. The molecule has 19 heavy (non-hydrogen) atoms. The maximum Gasteiger partial charge on any atom is 0.166 e. The molecule has 102 valence electrons. The van der Waals surface area contributed by atoms with E-state index in [0.717, 1.165) is 23.5 Å². The maximum absolute atomic E-state index is 12.1. The summed E-state index contributed by atoms with van der Waals surface area (Å²) in [5.74, 6) is 2.35. The molecule has 0 N–H and O–H groups in total. The van der Waals surface area contributed by atoms with E-state index in [0.29, 0.717) is 11.7 Å². The third-order valence-corrected chi connectivity index (χ3v) is 5.31. The van der Waals surface area contributed by atoms with Crippen LogP contribution in [0.2, 0.25) is 0 Å². The van der Waals surface area contributed by atoms with E-state index in [4.69, 9.17) is 4.98 Å². The molecule has 1 aliphatic heterocycles. The summed E-state index contributed by atoms with van der Waals surface area (Å²) in [5, 5.41) is 0.430. The average molecular weight is 276 g/mol. The largest absolute Gasteiger partial charge is 0.294 e. The maximum atomic E-state index is 12.1. The number of aromatic nitrogens is 2. The summed E-state index contributed by atoms with van der Waals surface area (Å²) in [6, 6.07) is 0. The van der Waals surface area contributed by atoms with Gasteiger partial charge in [0.1, 0.15) is 5.82 Å². The highest BCUT2D eigenvalue weighted by Crippen LogP contribution is 2.38. The number of fused-ring (bicyclic) bond motifs is 1. The minimum absolute atomic E-state index is 0.0371. The molecule has 0 radical (unpaired) electrons. The SMILES string of the molecule is CC1(C)CC(=O)c2cnc(C3CCCCS3)nc2C1. The Hall–Kier alpha value is -0.900. The standard InChI is InChI=1S/C15H20N2OS/c1-15(2)7-11-10(12(18)8-15)9-16-14(17-11)13-5-3-4-6-19-13/h9,13H,3-8H2,1-2H3. The van der Waals surface area contributed by atoms with Gasteiger partial charge >= 0.3 is 0 Å². The van der Waals surface area contributed by atoms with E-state index in [1.54, 1.807) is 6.20 Å². The summed E-state index contributed by atoms with van der Waals surface area (Å²) in [6.45, 7) is 4.29. The van der Waals surface area contributed by atoms with Crippen LogP contribution in [0.4, 0.5) is 0 Å². The Morgan fingerprint density at radius 1 is 1.32 bits per heavy atom. The van der Waals surface area contributed by atoms with E-state index >= 15 is 0 Å². The van der Waals surface area contributed by atoms with Crippen molar-refractivity contribution >= 4 is 17.5 Å². The number of hydrogen-bond acceptors (Lipinski definition) is 4. The number of rotatable bonds is 1. The zero-order valence-electron chi connectivity index (χ0n) is 11.6. The molecule has 1 unspecified atom stereocenters. The second-order valence-electron chi connectivity index (χ2n) is 6.38. The van der Waals surface area contributed by atoms with Crippen molar-refractivity contribution in [1.82, 2.24) is 9.97 Å². The van der Waals surface area contributed by atoms with Gasteiger partial charge in [0.2, 0.25) is 0 Å². The van der Waals surface area contributed by atoms with Crippen LogP contribution in [0.5, 0.6) is 0 Å². The Kier molecular flexibility index (Phi) is 3.37. The molecule has 0 amide bonds. The van der Waals surface area contributed by atoms with Crippen LogP contribution in [-0.2, 0) is 6.42 Å². The molecule has 0 spiro atoms. The molecule has 2 aliphatic rings. The first-order valence-corrected chi connectivity index (χ1v) is 8.11. The van der Waals surface area contributed by atoms with Gasteiger partial charge in [0, 0.05) is 12.6 Å². The predicted octanol–water partition coefficient (Wildman–Crippen LogP) is 3.59. The number of ketones is 1. The third-order valence-electron chi connectivity index (χ3n) is 3.94. The highest BCUT2D eigenvalue weighted by molar-refractivity contribution is 7.99. The summed E-state index contributed by atoms with van der Waals surface area (Å²) in [7, 11) is 0. The number of hydrogen-bond donors (Lipinski definition) is 0. The molecule has 0 saturated carbocycles. The fourth-order valence-electron chi connectivity index (χ4n) is 2.95. The van der Waals surface area contributed by atoms with Crippen LogP contribution in [0.1, 0.15) is 66.7 Å². The van der Waals surface area contributed by atoms with Gasteiger partial charge in [-0.05, 0) is 30.4 Å². The molecule has 4 heteroatoms. The first-order chi connectivity index (χ1) is 9.05. The molecule has 3 nitrogen and oxygen atoms in total. The minimum atomic E-state index is 0.0371. The smallest absolute Gasteiger partial charge is 0.166 e. The summed E-state index contributed by atoms with van der Waals surface area (Å²) in [4.78, 5) is 21.3. The van der Waals surface area contributed by atoms with Crippen molar-refractivity contribution in [2.24, 2.45) is 5.41 Å². The fraction of sp³-hybridized carbons (Fsp3) is 0.667. The quantitative estimate of drug-likeness (QED) is 0.786. The molecular weight excluding hydrogens is 256 g/mol. The molecule has 1 saturated heterocycles. The highest BCUT2D eigenvalue weighted by atomic mass is 32.2. The molecule has 3 rings (SSSR count). The van der Waals surface area contributed by atoms with Gasteiger partial charge in [0.15, 0.2) is 5.78 Å². The molecule has 0 aromatic carbocycles. The number of carbonyl (C=O) groups is 1. The predicted molar refractivity (Wildman–Crippen MR) is 77.5 cm³/mol. The van der Waals surface area contributed by atoms with E-state index in [2.05, 4.69) is 18.8 Å². The first kappa shape index (κ1) is 13.1.